The van der Waals surface area contributed by atoms with Gasteiger partial charge in [0, 0.05) is 5.56 Å². The van der Waals surface area contributed by atoms with E-state index < -0.39 is 0 Å². The van der Waals surface area contributed by atoms with Crippen LogP contribution < -0.4 is 4.74 Å². The van der Waals surface area contributed by atoms with E-state index >= 15 is 0 Å². The van der Waals surface area contributed by atoms with E-state index in [0.717, 1.165) is 30.3 Å². The predicted molar refractivity (Wildman–Crippen MR) is 83.3 cm³/mol. The highest BCUT2D eigenvalue weighted by Gasteiger charge is 2.02. The van der Waals surface area contributed by atoms with Gasteiger partial charge < -0.3 is 9.84 Å². The third-order valence-electron chi connectivity index (χ3n) is 3.56. The lowest BCUT2D eigenvalue weighted by molar-refractivity contribution is 0.294. The van der Waals surface area contributed by atoms with Crippen LogP contribution in [0.2, 0.25) is 0 Å². The number of ether oxygens (including phenoxy) is 1. The smallest absolute Gasteiger partial charge is 0.159 e. The highest BCUT2D eigenvalue weighted by Crippen LogP contribution is 2.20. The standard InChI is InChI=1S/C17H22N2O2/c1-3-13(2)5-4-10-21-16-8-6-14(7-9-16)17-18-11-15(20)12-19-17/h6-9,11-13,20H,3-5,10H2,1-2H3. The Hall–Kier alpha value is -2.10. The van der Waals surface area contributed by atoms with Crippen molar-refractivity contribution in [1.29, 1.82) is 0 Å². The summed E-state index contributed by atoms with van der Waals surface area (Å²) in [7, 11) is 0. The van der Waals surface area contributed by atoms with E-state index in [1.165, 1.54) is 25.2 Å². The van der Waals surface area contributed by atoms with Gasteiger partial charge in [-0.15, -0.1) is 0 Å². The first kappa shape index (κ1) is 15.3. The lowest BCUT2D eigenvalue weighted by Crippen LogP contribution is -2.00. The van der Waals surface area contributed by atoms with Crippen LogP contribution in [-0.2, 0) is 0 Å². The molecule has 0 radical (unpaired) electrons. The highest BCUT2D eigenvalue weighted by atomic mass is 16.5. The molecule has 0 aliphatic rings. The van der Waals surface area contributed by atoms with E-state index in [1.54, 1.807) is 0 Å². The molecule has 1 heterocycles. The molecule has 2 rings (SSSR count). The number of aromatic nitrogens is 2. The summed E-state index contributed by atoms with van der Waals surface area (Å²) in [4.78, 5) is 8.16. The molecule has 0 bridgehead atoms. The largest absolute Gasteiger partial charge is 0.505 e. The van der Waals surface area contributed by atoms with Gasteiger partial charge in [0.15, 0.2) is 11.6 Å². The summed E-state index contributed by atoms with van der Waals surface area (Å²) in [6, 6.07) is 7.70. The van der Waals surface area contributed by atoms with Gasteiger partial charge in [0.05, 0.1) is 19.0 Å². The quantitative estimate of drug-likeness (QED) is 0.780. The van der Waals surface area contributed by atoms with E-state index in [-0.39, 0.29) is 5.75 Å². The number of hydrogen-bond donors (Lipinski definition) is 1. The first-order valence-electron chi connectivity index (χ1n) is 7.43. The molecule has 0 aliphatic heterocycles. The van der Waals surface area contributed by atoms with Crippen molar-refractivity contribution in [1.82, 2.24) is 9.97 Å². The molecule has 112 valence electrons. The lowest BCUT2D eigenvalue weighted by atomic mass is 10.0. The lowest BCUT2D eigenvalue weighted by Gasteiger charge is -2.09. The van der Waals surface area contributed by atoms with E-state index in [2.05, 4.69) is 23.8 Å². The Labute approximate surface area is 125 Å². The summed E-state index contributed by atoms with van der Waals surface area (Å²) in [6.07, 6.45) is 6.29. The van der Waals surface area contributed by atoms with Crippen LogP contribution in [0.15, 0.2) is 36.7 Å². The van der Waals surface area contributed by atoms with Gasteiger partial charge in [0.25, 0.3) is 0 Å². The van der Waals surface area contributed by atoms with Gasteiger partial charge in [0.1, 0.15) is 5.75 Å². The molecule has 1 aromatic heterocycles. The zero-order valence-corrected chi connectivity index (χ0v) is 12.6. The van der Waals surface area contributed by atoms with Gasteiger partial charge in [-0.3, -0.25) is 0 Å². The van der Waals surface area contributed by atoms with E-state index in [0.29, 0.717) is 5.82 Å². The van der Waals surface area contributed by atoms with Crippen molar-refractivity contribution in [3.8, 4) is 22.9 Å². The minimum atomic E-state index is 0.0695. The predicted octanol–water partition coefficient (Wildman–Crippen LogP) is 4.05. The maximum absolute atomic E-state index is 9.18. The summed E-state index contributed by atoms with van der Waals surface area (Å²) >= 11 is 0. The number of aromatic hydroxyl groups is 1. The molecule has 1 aromatic carbocycles. The Morgan fingerprint density at radius 2 is 1.81 bits per heavy atom. The highest BCUT2D eigenvalue weighted by molar-refractivity contribution is 5.56. The van der Waals surface area contributed by atoms with E-state index in [9.17, 15) is 5.11 Å². The second-order valence-corrected chi connectivity index (χ2v) is 5.29. The van der Waals surface area contributed by atoms with Crippen LogP contribution in [0, 0.1) is 5.92 Å². The number of benzene rings is 1. The Bertz CT molecular complexity index is 538. The molecule has 21 heavy (non-hydrogen) atoms. The summed E-state index contributed by atoms with van der Waals surface area (Å²) in [5.74, 6) is 2.29. The van der Waals surface area contributed by atoms with Gasteiger partial charge in [-0.1, -0.05) is 20.3 Å². The fraction of sp³-hybridized carbons (Fsp3) is 0.412. The van der Waals surface area contributed by atoms with Gasteiger partial charge in [-0.25, -0.2) is 9.97 Å². The molecule has 0 aliphatic carbocycles. The van der Waals surface area contributed by atoms with Gasteiger partial charge in [-0.05, 0) is 43.0 Å². The summed E-state index contributed by atoms with van der Waals surface area (Å²) < 4.78 is 5.73. The fourth-order valence-corrected chi connectivity index (χ4v) is 2.00. The molecule has 4 nitrogen and oxygen atoms in total. The maximum atomic E-state index is 9.18. The van der Waals surface area contributed by atoms with Crippen LogP contribution in [0.5, 0.6) is 11.5 Å². The molecule has 1 N–H and O–H groups in total. The van der Waals surface area contributed by atoms with Crippen molar-refractivity contribution in [2.24, 2.45) is 5.92 Å². The fourth-order valence-electron chi connectivity index (χ4n) is 2.00. The average molecular weight is 286 g/mol. The van der Waals surface area contributed by atoms with Gasteiger partial charge in [0.2, 0.25) is 0 Å². The topological polar surface area (TPSA) is 55.2 Å². The van der Waals surface area contributed by atoms with Crippen LogP contribution >= 0.6 is 0 Å². The molecule has 0 fully saturated rings. The molecule has 1 unspecified atom stereocenters. The Balaban J connectivity index is 1.86. The minimum Gasteiger partial charge on any atom is -0.505 e. The second-order valence-electron chi connectivity index (χ2n) is 5.29. The van der Waals surface area contributed by atoms with Crippen molar-refractivity contribution < 1.29 is 9.84 Å². The first-order valence-corrected chi connectivity index (χ1v) is 7.43. The van der Waals surface area contributed by atoms with Crippen molar-refractivity contribution in [2.75, 3.05) is 6.61 Å². The third-order valence-corrected chi connectivity index (χ3v) is 3.56. The molecule has 0 saturated carbocycles. The molecule has 1 atom stereocenters. The molecule has 4 heteroatoms. The summed E-state index contributed by atoms with van der Waals surface area (Å²) in [5.41, 5.74) is 0.905. The van der Waals surface area contributed by atoms with Crippen LogP contribution in [-0.4, -0.2) is 21.7 Å². The molecular formula is C17H22N2O2. The SMILES string of the molecule is CCC(C)CCCOc1ccc(-c2ncc(O)cn2)cc1. The summed E-state index contributed by atoms with van der Waals surface area (Å²) in [5, 5.41) is 9.18. The van der Waals surface area contributed by atoms with E-state index in [1.807, 2.05) is 24.3 Å². The summed E-state index contributed by atoms with van der Waals surface area (Å²) in [6.45, 7) is 5.24. The van der Waals surface area contributed by atoms with E-state index in [4.69, 9.17) is 4.74 Å². The monoisotopic (exact) mass is 286 g/mol. The molecular weight excluding hydrogens is 264 g/mol. The van der Waals surface area contributed by atoms with Gasteiger partial charge in [-0.2, -0.15) is 0 Å². The molecule has 2 aromatic rings. The van der Waals surface area contributed by atoms with Crippen LogP contribution in [0.1, 0.15) is 33.1 Å². The van der Waals surface area contributed by atoms with Crippen molar-refractivity contribution in [2.45, 2.75) is 33.1 Å². The van der Waals surface area contributed by atoms with Crippen molar-refractivity contribution in [3.63, 3.8) is 0 Å². The minimum absolute atomic E-state index is 0.0695. The van der Waals surface area contributed by atoms with Crippen molar-refractivity contribution >= 4 is 0 Å². The van der Waals surface area contributed by atoms with Gasteiger partial charge >= 0.3 is 0 Å². The number of rotatable bonds is 7. The first-order chi connectivity index (χ1) is 10.2. The molecule has 0 saturated heterocycles. The number of hydrogen-bond acceptors (Lipinski definition) is 4. The average Bonchev–Trinajstić information content (AvgIpc) is 2.52. The Morgan fingerprint density at radius 1 is 1.14 bits per heavy atom. The van der Waals surface area contributed by atoms with Crippen LogP contribution in [0.25, 0.3) is 11.4 Å². The zero-order chi connectivity index (χ0) is 15.1. The normalized spacial score (nSPS) is 12.1. The van der Waals surface area contributed by atoms with Crippen LogP contribution in [0.4, 0.5) is 0 Å². The second kappa shape index (κ2) is 7.62. The molecule has 0 amide bonds. The third kappa shape index (κ3) is 4.74. The molecule has 0 spiro atoms. The number of nitrogens with zero attached hydrogens (tertiary/aromatic N) is 2. The zero-order valence-electron chi connectivity index (χ0n) is 12.6. The Kier molecular flexibility index (Phi) is 5.55. The maximum Gasteiger partial charge on any atom is 0.159 e. The Morgan fingerprint density at radius 3 is 2.43 bits per heavy atom. The van der Waals surface area contributed by atoms with Crippen molar-refractivity contribution in [3.05, 3.63) is 36.7 Å². The van der Waals surface area contributed by atoms with Crippen LogP contribution in [0.3, 0.4) is 0 Å².